The van der Waals surface area contributed by atoms with Crippen LogP contribution in [-0.4, -0.2) is 24.2 Å². The van der Waals surface area contributed by atoms with Crippen molar-refractivity contribution in [2.75, 3.05) is 12.4 Å². The molecule has 2 rings (SSSR count). The van der Waals surface area contributed by atoms with E-state index in [-0.39, 0.29) is 11.9 Å². The van der Waals surface area contributed by atoms with Gasteiger partial charge in [0.25, 0.3) is 0 Å². The number of carbonyl (C=O) groups excluding carboxylic acids is 1. The van der Waals surface area contributed by atoms with Gasteiger partial charge in [-0.05, 0) is 33.8 Å². The number of aryl methyl sites for hydroxylation is 2. The first-order valence-electron chi connectivity index (χ1n) is 7.55. The van der Waals surface area contributed by atoms with Gasteiger partial charge in [-0.3, -0.25) is 10.1 Å². The third kappa shape index (κ3) is 4.32. The number of ether oxygens (including phenoxy) is 1. The van der Waals surface area contributed by atoms with Crippen molar-refractivity contribution in [3.05, 3.63) is 41.2 Å². The number of nitrogens with one attached hydrogen (secondary N) is 2. The van der Waals surface area contributed by atoms with E-state index in [1.807, 2.05) is 26.0 Å². The summed E-state index contributed by atoms with van der Waals surface area (Å²) in [6.07, 6.45) is 0. The molecule has 124 valence electrons. The highest BCUT2D eigenvalue weighted by atomic mass is 16.5. The maximum atomic E-state index is 12.2. The molecule has 0 spiro atoms. The molecule has 6 heteroatoms. The van der Waals surface area contributed by atoms with Crippen molar-refractivity contribution >= 4 is 11.7 Å². The fraction of sp³-hybridized carbons (Fsp3) is 0.412. The summed E-state index contributed by atoms with van der Waals surface area (Å²) in [6.45, 7) is 7.61. The normalized spacial score (nSPS) is 13.4. The molecule has 1 heterocycles. The van der Waals surface area contributed by atoms with E-state index in [1.165, 1.54) is 0 Å². The van der Waals surface area contributed by atoms with Crippen LogP contribution in [0.15, 0.2) is 28.8 Å². The minimum atomic E-state index is -0.396. The molecule has 0 radical (unpaired) electrons. The Kier molecular flexibility index (Phi) is 5.39. The van der Waals surface area contributed by atoms with Gasteiger partial charge in [-0.1, -0.05) is 22.9 Å². The van der Waals surface area contributed by atoms with Gasteiger partial charge in [0.15, 0.2) is 5.82 Å². The molecule has 6 nitrogen and oxygen atoms in total. The van der Waals surface area contributed by atoms with Crippen LogP contribution in [0.25, 0.3) is 0 Å². The van der Waals surface area contributed by atoms with Crippen LogP contribution in [0.4, 0.5) is 5.82 Å². The van der Waals surface area contributed by atoms with Gasteiger partial charge >= 0.3 is 0 Å². The van der Waals surface area contributed by atoms with Crippen LogP contribution in [0, 0.1) is 13.8 Å². The predicted molar refractivity (Wildman–Crippen MR) is 88.6 cm³/mol. The second-order valence-corrected chi connectivity index (χ2v) is 5.67. The van der Waals surface area contributed by atoms with Crippen LogP contribution in [-0.2, 0) is 4.79 Å². The van der Waals surface area contributed by atoms with Gasteiger partial charge in [-0.2, -0.15) is 0 Å². The molecule has 23 heavy (non-hydrogen) atoms. The van der Waals surface area contributed by atoms with Gasteiger partial charge < -0.3 is 14.6 Å². The molecule has 0 unspecified atom stereocenters. The summed E-state index contributed by atoms with van der Waals surface area (Å²) in [6, 6.07) is 7.24. The van der Waals surface area contributed by atoms with E-state index in [2.05, 4.69) is 21.9 Å². The Morgan fingerprint density at radius 2 is 2.00 bits per heavy atom. The zero-order valence-electron chi connectivity index (χ0n) is 14.1. The van der Waals surface area contributed by atoms with Gasteiger partial charge in [0.2, 0.25) is 5.91 Å². The third-order valence-corrected chi connectivity index (χ3v) is 3.62. The lowest BCUT2D eigenvalue weighted by atomic mass is 10.0. The topological polar surface area (TPSA) is 76.4 Å². The number of carbonyl (C=O) groups is 1. The summed E-state index contributed by atoms with van der Waals surface area (Å²) in [7, 11) is 1.64. The minimum Gasteiger partial charge on any atom is -0.496 e. The Balaban J connectivity index is 2.02. The number of rotatable bonds is 6. The first-order valence-corrected chi connectivity index (χ1v) is 7.55. The molecule has 0 bridgehead atoms. The molecule has 0 saturated heterocycles. The standard InChI is InChI=1S/C17H23N3O3/c1-10-6-7-15(22-5)14(8-10)12(3)18-13(4)17(21)19-16-9-11(2)23-20-16/h6-9,12-13,18H,1-5H3,(H,19,20,21)/t12-,13+/m1/s1. The molecular formula is C17H23N3O3. The van der Waals surface area contributed by atoms with E-state index in [0.717, 1.165) is 16.9 Å². The van der Waals surface area contributed by atoms with E-state index >= 15 is 0 Å². The molecule has 1 aromatic heterocycles. The van der Waals surface area contributed by atoms with Crippen LogP contribution >= 0.6 is 0 Å². The zero-order valence-corrected chi connectivity index (χ0v) is 14.1. The summed E-state index contributed by atoms with van der Waals surface area (Å²) in [4.78, 5) is 12.2. The van der Waals surface area contributed by atoms with Gasteiger partial charge in [-0.15, -0.1) is 0 Å². The van der Waals surface area contributed by atoms with E-state index in [9.17, 15) is 4.79 Å². The maximum Gasteiger partial charge on any atom is 0.242 e. The summed E-state index contributed by atoms with van der Waals surface area (Å²) >= 11 is 0. The highest BCUT2D eigenvalue weighted by Crippen LogP contribution is 2.26. The Labute approximate surface area is 136 Å². The van der Waals surface area contributed by atoms with E-state index < -0.39 is 6.04 Å². The Morgan fingerprint density at radius 1 is 1.26 bits per heavy atom. The Hall–Kier alpha value is -2.34. The fourth-order valence-corrected chi connectivity index (χ4v) is 2.39. The molecule has 1 aromatic carbocycles. The van der Waals surface area contributed by atoms with E-state index in [4.69, 9.17) is 9.26 Å². The number of anilines is 1. The summed E-state index contributed by atoms with van der Waals surface area (Å²) in [5.41, 5.74) is 2.16. The molecule has 0 aliphatic rings. The molecule has 0 aliphatic carbocycles. The third-order valence-electron chi connectivity index (χ3n) is 3.62. The summed E-state index contributed by atoms with van der Waals surface area (Å²) in [5, 5.41) is 9.76. The number of hydrogen-bond donors (Lipinski definition) is 2. The fourth-order valence-electron chi connectivity index (χ4n) is 2.39. The van der Waals surface area contributed by atoms with Crippen LogP contribution in [0.1, 0.15) is 36.8 Å². The molecule has 2 aromatic rings. The molecular weight excluding hydrogens is 294 g/mol. The van der Waals surface area contributed by atoms with Crippen LogP contribution in [0.2, 0.25) is 0 Å². The first-order chi connectivity index (χ1) is 10.9. The number of nitrogens with zero attached hydrogens (tertiary/aromatic N) is 1. The van der Waals surface area contributed by atoms with Gasteiger partial charge in [0, 0.05) is 17.7 Å². The lowest BCUT2D eigenvalue weighted by Crippen LogP contribution is -2.39. The van der Waals surface area contributed by atoms with Crippen molar-refractivity contribution in [1.82, 2.24) is 10.5 Å². The van der Waals surface area contributed by atoms with Crippen molar-refractivity contribution in [3.63, 3.8) is 0 Å². The largest absolute Gasteiger partial charge is 0.496 e. The number of hydrogen-bond acceptors (Lipinski definition) is 5. The molecule has 0 aliphatic heterocycles. The molecule has 0 saturated carbocycles. The minimum absolute atomic E-state index is 0.0374. The number of methoxy groups -OCH3 is 1. The smallest absolute Gasteiger partial charge is 0.242 e. The first kappa shape index (κ1) is 17.0. The lowest BCUT2D eigenvalue weighted by Gasteiger charge is -2.21. The quantitative estimate of drug-likeness (QED) is 0.856. The van der Waals surface area contributed by atoms with Crippen molar-refractivity contribution in [2.24, 2.45) is 0 Å². The molecule has 2 N–H and O–H groups in total. The number of amides is 1. The average Bonchev–Trinajstić information content (AvgIpc) is 2.92. The zero-order chi connectivity index (χ0) is 17.0. The second-order valence-electron chi connectivity index (χ2n) is 5.67. The average molecular weight is 317 g/mol. The number of aromatic nitrogens is 1. The Morgan fingerprint density at radius 3 is 2.61 bits per heavy atom. The highest BCUT2D eigenvalue weighted by Gasteiger charge is 2.19. The van der Waals surface area contributed by atoms with Crippen molar-refractivity contribution < 1.29 is 14.1 Å². The monoisotopic (exact) mass is 317 g/mol. The van der Waals surface area contributed by atoms with Crippen LogP contribution < -0.4 is 15.4 Å². The van der Waals surface area contributed by atoms with Crippen molar-refractivity contribution in [2.45, 2.75) is 39.8 Å². The molecule has 2 atom stereocenters. The molecule has 1 amide bonds. The van der Waals surface area contributed by atoms with Crippen LogP contribution in [0.5, 0.6) is 5.75 Å². The lowest BCUT2D eigenvalue weighted by molar-refractivity contribution is -0.118. The van der Waals surface area contributed by atoms with E-state index in [1.54, 1.807) is 27.0 Å². The second kappa shape index (κ2) is 7.28. The number of benzene rings is 1. The SMILES string of the molecule is COc1ccc(C)cc1[C@@H](C)N[C@@H](C)C(=O)Nc1cc(C)on1. The predicted octanol–water partition coefficient (Wildman–Crippen LogP) is 2.98. The van der Waals surface area contributed by atoms with Crippen LogP contribution in [0.3, 0.4) is 0 Å². The van der Waals surface area contributed by atoms with Gasteiger partial charge in [0.1, 0.15) is 11.5 Å². The van der Waals surface area contributed by atoms with Gasteiger partial charge in [0.05, 0.1) is 13.2 Å². The maximum absolute atomic E-state index is 12.2. The molecule has 0 fully saturated rings. The van der Waals surface area contributed by atoms with E-state index in [0.29, 0.717) is 11.6 Å². The van der Waals surface area contributed by atoms with Crippen molar-refractivity contribution in [3.8, 4) is 5.75 Å². The summed E-state index contributed by atoms with van der Waals surface area (Å²) < 4.78 is 10.3. The summed E-state index contributed by atoms with van der Waals surface area (Å²) in [5.74, 6) is 1.70. The Bertz CT molecular complexity index is 681. The highest BCUT2D eigenvalue weighted by molar-refractivity contribution is 5.93. The van der Waals surface area contributed by atoms with Gasteiger partial charge in [-0.25, -0.2) is 0 Å². The van der Waals surface area contributed by atoms with Crippen molar-refractivity contribution in [1.29, 1.82) is 0 Å².